The van der Waals surface area contributed by atoms with Crippen molar-refractivity contribution in [2.75, 3.05) is 5.73 Å². The van der Waals surface area contributed by atoms with Gasteiger partial charge in [0, 0.05) is 6.20 Å². The van der Waals surface area contributed by atoms with Crippen LogP contribution in [0.5, 0.6) is 0 Å². The number of pyridine rings is 1. The Morgan fingerprint density at radius 1 is 1.05 bits per heavy atom. The monoisotopic (exact) mass is 273 g/mol. The molecule has 3 nitrogen and oxygen atoms in total. The number of hydrogen-bond acceptors (Lipinski definition) is 2. The van der Waals surface area contributed by atoms with Gasteiger partial charge in [-0.25, -0.2) is 4.98 Å². The topological polar surface area (TPSA) is 43.3 Å². The minimum atomic E-state index is 0.815. The molecular weight excluding hydrogens is 246 g/mol. The summed E-state index contributed by atoms with van der Waals surface area (Å²) in [4.78, 5) is 4.64. The maximum absolute atomic E-state index is 6.19. The average molecular weight is 273 g/mol. The number of hydrogen-bond donors (Lipinski definition) is 1. The van der Waals surface area contributed by atoms with Gasteiger partial charge in [0.05, 0.1) is 5.69 Å². The number of nitrogens with zero attached hydrogens (tertiary/aromatic N) is 2. The van der Waals surface area contributed by atoms with Gasteiger partial charge < -0.3 is 5.73 Å². The van der Waals surface area contributed by atoms with Crippen LogP contribution < -0.4 is 5.73 Å². The fourth-order valence-corrected chi connectivity index (χ4v) is 2.65. The fraction of sp³-hybridized carbons (Fsp3) is 0.588. The second kappa shape index (κ2) is 7.32. The van der Waals surface area contributed by atoms with Crippen LogP contribution in [0.1, 0.15) is 63.1 Å². The summed E-state index contributed by atoms with van der Waals surface area (Å²) in [6, 6.07) is 4.12. The third-order valence-electron chi connectivity index (χ3n) is 3.90. The lowest BCUT2D eigenvalue weighted by atomic mass is 10.1. The van der Waals surface area contributed by atoms with Crippen molar-refractivity contribution in [2.24, 2.45) is 0 Å². The molecule has 0 unspecified atom stereocenters. The molecule has 0 radical (unpaired) electrons. The van der Waals surface area contributed by atoms with Crippen molar-refractivity contribution in [1.29, 1.82) is 0 Å². The minimum absolute atomic E-state index is 0.815. The molecule has 0 aliphatic carbocycles. The molecule has 2 aromatic heterocycles. The summed E-state index contributed by atoms with van der Waals surface area (Å²) < 4.78 is 2.01. The quantitative estimate of drug-likeness (QED) is 0.719. The number of nitrogens with two attached hydrogens (primary N) is 1. The normalized spacial score (nSPS) is 11.3. The predicted molar refractivity (Wildman–Crippen MR) is 86.0 cm³/mol. The van der Waals surface area contributed by atoms with E-state index in [1.807, 2.05) is 10.5 Å². The van der Waals surface area contributed by atoms with Gasteiger partial charge >= 0.3 is 0 Å². The summed E-state index contributed by atoms with van der Waals surface area (Å²) in [5.41, 5.74) is 9.42. The van der Waals surface area contributed by atoms with Crippen LogP contribution in [0, 0.1) is 6.92 Å². The van der Waals surface area contributed by atoms with Crippen molar-refractivity contribution in [3.63, 3.8) is 0 Å². The molecule has 2 rings (SSSR count). The van der Waals surface area contributed by atoms with E-state index in [2.05, 4.69) is 31.1 Å². The van der Waals surface area contributed by atoms with Crippen molar-refractivity contribution in [3.05, 3.63) is 29.6 Å². The lowest BCUT2D eigenvalue weighted by molar-refractivity contribution is 0.588. The third kappa shape index (κ3) is 3.75. The summed E-state index contributed by atoms with van der Waals surface area (Å²) in [6.07, 6.45) is 12.3. The molecule has 0 bridgehead atoms. The van der Waals surface area contributed by atoms with Gasteiger partial charge in [-0.3, -0.25) is 4.40 Å². The SMILES string of the molecule is CCCCCCCCCc1nc2ccc(C)cn2c1N. The second-order valence-electron chi connectivity index (χ2n) is 5.75. The Morgan fingerprint density at radius 2 is 1.75 bits per heavy atom. The Hall–Kier alpha value is -1.51. The molecule has 0 aliphatic rings. The van der Waals surface area contributed by atoms with Crippen molar-refractivity contribution >= 4 is 11.5 Å². The fourth-order valence-electron chi connectivity index (χ4n) is 2.65. The molecule has 2 N–H and O–H groups in total. The van der Waals surface area contributed by atoms with E-state index in [0.717, 1.165) is 23.6 Å². The molecule has 110 valence electrons. The molecule has 20 heavy (non-hydrogen) atoms. The molecule has 3 heteroatoms. The Balaban J connectivity index is 1.83. The zero-order valence-electron chi connectivity index (χ0n) is 12.9. The van der Waals surface area contributed by atoms with E-state index >= 15 is 0 Å². The van der Waals surface area contributed by atoms with Crippen LogP contribution in [0.15, 0.2) is 18.3 Å². The van der Waals surface area contributed by atoms with Gasteiger partial charge in [-0.05, 0) is 31.4 Å². The van der Waals surface area contributed by atoms with Gasteiger partial charge in [0.2, 0.25) is 0 Å². The molecule has 0 atom stereocenters. The van der Waals surface area contributed by atoms with Gasteiger partial charge in [-0.1, -0.05) is 51.5 Å². The highest BCUT2D eigenvalue weighted by Gasteiger charge is 2.08. The molecule has 2 aromatic rings. The van der Waals surface area contributed by atoms with E-state index in [1.54, 1.807) is 0 Å². The highest BCUT2D eigenvalue weighted by atomic mass is 15.1. The van der Waals surface area contributed by atoms with E-state index in [4.69, 9.17) is 5.73 Å². The number of aryl methyl sites for hydroxylation is 2. The van der Waals surface area contributed by atoms with Gasteiger partial charge in [0.25, 0.3) is 0 Å². The van der Waals surface area contributed by atoms with Crippen LogP contribution in [-0.2, 0) is 6.42 Å². The molecule has 0 fully saturated rings. The Bertz CT molecular complexity index is 542. The Kier molecular flexibility index (Phi) is 5.45. The van der Waals surface area contributed by atoms with Gasteiger partial charge in [-0.15, -0.1) is 0 Å². The van der Waals surface area contributed by atoms with Gasteiger partial charge in [0.15, 0.2) is 0 Å². The van der Waals surface area contributed by atoms with Crippen LogP contribution in [0.25, 0.3) is 5.65 Å². The van der Waals surface area contributed by atoms with E-state index in [1.165, 1.54) is 50.5 Å². The van der Waals surface area contributed by atoms with Gasteiger partial charge in [-0.2, -0.15) is 0 Å². The average Bonchev–Trinajstić information content (AvgIpc) is 2.75. The third-order valence-corrected chi connectivity index (χ3v) is 3.90. The lowest BCUT2D eigenvalue weighted by Crippen LogP contribution is -1.97. The number of anilines is 1. The maximum atomic E-state index is 6.19. The van der Waals surface area contributed by atoms with E-state index < -0.39 is 0 Å². The van der Waals surface area contributed by atoms with Gasteiger partial charge in [0.1, 0.15) is 11.5 Å². The summed E-state index contributed by atoms with van der Waals surface area (Å²) in [5, 5.41) is 0. The first-order valence-corrected chi connectivity index (χ1v) is 7.95. The molecule has 0 aliphatic heterocycles. The molecule has 0 spiro atoms. The zero-order valence-corrected chi connectivity index (χ0v) is 12.9. The lowest BCUT2D eigenvalue weighted by Gasteiger charge is -2.01. The van der Waals surface area contributed by atoms with Crippen LogP contribution in [0.3, 0.4) is 0 Å². The standard InChI is InChI=1S/C17H27N3/c1-3-4-5-6-7-8-9-10-15-17(18)20-13-14(2)11-12-16(20)19-15/h11-13H,3-10,18H2,1-2H3. The first-order valence-electron chi connectivity index (χ1n) is 7.95. The highest BCUT2D eigenvalue weighted by Crippen LogP contribution is 2.18. The van der Waals surface area contributed by atoms with Crippen molar-refractivity contribution in [1.82, 2.24) is 9.38 Å². The predicted octanol–water partition coefficient (Wildman–Crippen LogP) is 4.52. The largest absolute Gasteiger partial charge is 0.383 e. The molecular formula is C17H27N3. The highest BCUT2D eigenvalue weighted by molar-refractivity contribution is 5.53. The van der Waals surface area contributed by atoms with Crippen molar-refractivity contribution in [3.8, 4) is 0 Å². The summed E-state index contributed by atoms with van der Waals surface area (Å²) >= 11 is 0. The van der Waals surface area contributed by atoms with E-state index in [0.29, 0.717) is 0 Å². The maximum Gasteiger partial charge on any atom is 0.138 e. The zero-order chi connectivity index (χ0) is 14.4. The van der Waals surface area contributed by atoms with Crippen molar-refractivity contribution in [2.45, 2.75) is 65.2 Å². The Morgan fingerprint density at radius 3 is 2.50 bits per heavy atom. The summed E-state index contributed by atoms with van der Waals surface area (Å²) in [6.45, 7) is 4.34. The summed E-state index contributed by atoms with van der Waals surface area (Å²) in [5.74, 6) is 0.815. The molecule has 0 saturated carbocycles. The molecule has 0 saturated heterocycles. The molecule has 0 amide bonds. The first-order chi connectivity index (χ1) is 9.72. The number of rotatable bonds is 8. The van der Waals surface area contributed by atoms with Crippen LogP contribution in [0.2, 0.25) is 0 Å². The second-order valence-corrected chi connectivity index (χ2v) is 5.75. The van der Waals surface area contributed by atoms with E-state index in [9.17, 15) is 0 Å². The number of aromatic nitrogens is 2. The smallest absolute Gasteiger partial charge is 0.138 e. The first kappa shape index (κ1) is 14.9. The van der Waals surface area contributed by atoms with Crippen LogP contribution in [0.4, 0.5) is 5.82 Å². The van der Waals surface area contributed by atoms with Crippen LogP contribution >= 0.6 is 0 Å². The molecule has 0 aromatic carbocycles. The number of fused-ring (bicyclic) bond motifs is 1. The Labute approximate surface area is 122 Å². The van der Waals surface area contributed by atoms with Crippen LogP contribution in [-0.4, -0.2) is 9.38 Å². The number of imidazole rings is 1. The molecule has 2 heterocycles. The number of unbranched alkanes of at least 4 members (excludes halogenated alkanes) is 6. The number of nitrogen functional groups attached to an aromatic ring is 1. The summed E-state index contributed by atoms with van der Waals surface area (Å²) in [7, 11) is 0. The minimum Gasteiger partial charge on any atom is -0.383 e. The van der Waals surface area contributed by atoms with E-state index in [-0.39, 0.29) is 0 Å². The van der Waals surface area contributed by atoms with Crippen molar-refractivity contribution < 1.29 is 0 Å².